The second-order valence-electron chi connectivity index (χ2n) is 6.53. The minimum atomic E-state index is 0. The SMILES string of the molecule is Cl.O=C(c1nn(-c2ccc(Cl)cc2Cl)c2c1CCC2)N1CCCNCC1. The number of fused-ring (bicyclic) bond motifs is 1. The fraction of sp³-hybridized carbons (Fsp3) is 0.444. The first-order chi connectivity index (χ1) is 12.1. The van der Waals surface area contributed by atoms with Gasteiger partial charge >= 0.3 is 0 Å². The van der Waals surface area contributed by atoms with Crippen molar-refractivity contribution in [3.8, 4) is 5.69 Å². The number of amides is 1. The van der Waals surface area contributed by atoms with Crippen LogP contribution in [0, 0.1) is 0 Å². The molecule has 1 N–H and O–H groups in total. The van der Waals surface area contributed by atoms with Gasteiger partial charge in [-0.05, 0) is 50.4 Å². The van der Waals surface area contributed by atoms with Gasteiger partial charge in [0.25, 0.3) is 5.91 Å². The molecule has 0 radical (unpaired) electrons. The maximum absolute atomic E-state index is 13.1. The van der Waals surface area contributed by atoms with E-state index >= 15 is 0 Å². The highest BCUT2D eigenvalue weighted by atomic mass is 35.5. The molecule has 1 aromatic heterocycles. The molecule has 2 aromatic rings. The third-order valence-corrected chi connectivity index (χ3v) is 5.44. The Morgan fingerprint density at radius 3 is 2.77 bits per heavy atom. The van der Waals surface area contributed by atoms with Crippen LogP contribution in [0.4, 0.5) is 0 Å². The van der Waals surface area contributed by atoms with Gasteiger partial charge in [0.2, 0.25) is 0 Å². The number of hydrogen-bond acceptors (Lipinski definition) is 3. The molecule has 8 heteroatoms. The Bertz CT molecular complexity index is 813. The van der Waals surface area contributed by atoms with Gasteiger partial charge in [-0.2, -0.15) is 5.10 Å². The van der Waals surface area contributed by atoms with Crippen LogP contribution < -0.4 is 5.32 Å². The molecule has 1 aromatic carbocycles. The highest BCUT2D eigenvalue weighted by Gasteiger charge is 2.30. The van der Waals surface area contributed by atoms with Gasteiger partial charge < -0.3 is 10.2 Å². The van der Waals surface area contributed by atoms with Crippen molar-refractivity contribution in [2.45, 2.75) is 25.7 Å². The summed E-state index contributed by atoms with van der Waals surface area (Å²) in [5.41, 5.74) is 3.54. The minimum absolute atomic E-state index is 0. The third-order valence-electron chi connectivity index (χ3n) is 4.90. The molecule has 140 valence electrons. The maximum atomic E-state index is 13.1. The lowest BCUT2D eigenvalue weighted by molar-refractivity contribution is 0.0759. The zero-order valence-electron chi connectivity index (χ0n) is 14.3. The second-order valence-corrected chi connectivity index (χ2v) is 7.37. The Hall–Kier alpha value is -1.27. The standard InChI is InChI=1S/C18H20Cl2N4O.ClH/c19-12-5-6-16(14(20)11-12)24-15-4-1-3-13(15)17(22-24)18(25)23-9-2-7-21-8-10-23;/h5-6,11,21H,1-4,7-10H2;1H. The molecule has 0 atom stereocenters. The highest BCUT2D eigenvalue weighted by molar-refractivity contribution is 6.35. The molecule has 2 heterocycles. The molecule has 1 aliphatic carbocycles. The number of nitrogens with one attached hydrogen (secondary N) is 1. The molecule has 0 saturated carbocycles. The lowest BCUT2D eigenvalue weighted by Crippen LogP contribution is -2.35. The fourth-order valence-corrected chi connectivity index (χ4v) is 4.15. The van der Waals surface area contributed by atoms with Crippen LogP contribution in [0.3, 0.4) is 0 Å². The van der Waals surface area contributed by atoms with Gasteiger partial charge in [-0.15, -0.1) is 12.4 Å². The van der Waals surface area contributed by atoms with E-state index < -0.39 is 0 Å². The molecule has 1 amide bonds. The van der Waals surface area contributed by atoms with Gasteiger partial charge in [-0.3, -0.25) is 4.79 Å². The van der Waals surface area contributed by atoms with E-state index in [4.69, 9.17) is 23.2 Å². The van der Waals surface area contributed by atoms with Crippen molar-refractivity contribution in [2.75, 3.05) is 26.2 Å². The summed E-state index contributed by atoms with van der Waals surface area (Å²) in [6.07, 6.45) is 3.82. The highest BCUT2D eigenvalue weighted by Crippen LogP contribution is 2.32. The number of halogens is 3. The molecule has 1 fully saturated rings. The minimum Gasteiger partial charge on any atom is -0.336 e. The monoisotopic (exact) mass is 414 g/mol. The molecular weight excluding hydrogens is 395 g/mol. The first-order valence-corrected chi connectivity index (χ1v) is 9.47. The number of carbonyl (C=O) groups is 1. The summed E-state index contributed by atoms with van der Waals surface area (Å²) >= 11 is 12.4. The topological polar surface area (TPSA) is 50.2 Å². The summed E-state index contributed by atoms with van der Waals surface area (Å²) in [7, 11) is 0. The molecule has 4 rings (SSSR count). The number of aromatic nitrogens is 2. The average molecular weight is 416 g/mol. The first-order valence-electron chi connectivity index (χ1n) is 8.71. The fourth-order valence-electron chi connectivity index (χ4n) is 3.66. The summed E-state index contributed by atoms with van der Waals surface area (Å²) in [5, 5.41) is 9.14. The molecule has 2 aliphatic rings. The van der Waals surface area contributed by atoms with Crippen LogP contribution >= 0.6 is 35.6 Å². The summed E-state index contributed by atoms with van der Waals surface area (Å²) in [4.78, 5) is 15.0. The predicted molar refractivity (Wildman–Crippen MR) is 106 cm³/mol. The third kappa shape index (κ3) is 3.58. The second kappa shape index (κ2) is 8.17. The maximum Gasteiger partial charge on any atom is 0.274 e. The Morgan fingerprint density at radius 2 is 1.96 bits per heavy atom. The van der Waals surface area contributed by atoms with Crippen LogP contribution in [-0.4, -0.2) is 46.8 Å². The summed E-state index contributed by atoms with van der Waals surface area (Å²) in [6, 6.07) is 5.37. The molecule has 0 spiro atoms. The van der Waals surface area contributed by atoms with Crippen molar-refractivity contribution < 1.29 is 4.79 Å². The smallest absolute Gasteiger partial charge is 0.274 e. The molecule has 26 heavy (non-hydrogen) atoms. The number of benzene rings is 1. The lowest BCUT2D eigenvalue weighted by Gasteiger charge is -2.19. The van der Waals surface area contributed by atoms with Crippen molar-refractivity contribution in [1.29, 1.82) is 0 Å². The number of hydrogen-bond donors (Lipinski definition) is 1. The Kier molecular flexibility index (Phi) is 6.13. The van der Waals surface area contributed by atoms with E-state index in [-0.39, 0.29) is 18.3 Å². The van der Waals surface area contributed by atoms with Crippen LogP contribution in [-0.2, 0) is 12.8 Å². The molecular formula is C18H21Cl3N4O. The molecule has 0 bridgehead atoms. The lowest BCUT2D eigenvalue weighted by atomic mass is 10.2. The van der Waals surface area contributed by atoms with Crippen LogP contribution in [0.25, 0.3) is 5.69 Å². The molecule has 5 nitrogen and oxygen atoms in total. The number of nitrogens with zero attached hydrogens (tertiary/aromatic N) is 3. The van der Waals surface area contributed by atoms with Gasteiger partial charge in [-0.1, -0.05) is 23.2 Å². The Balaban J connectivity index is 0.00000196. The zero-order chi connectivity index (χ0) is 17.4. The first kappa shape index (κ1) is 19.5. The number of rotatable bonds is 2. The van der Waals surface area contributed by atoms with Crippen molar-refractivity contribution in [3.05, 3.63) is 45.2 Å². The van der Waals surface area contributed by atoms with E-state index in [1.54, 1.807) is 12.1 Å². The predicted octanol–water partition coefficient (Wildman–Crippen LogP) is 3.53. The van der Waals surface area contributed by atoms with E-state index in [0.29, 0.717) is 15.7 Å². The van der Waals surface area contributed by atoms with Gasteiger partial charge in [0.1, 0.15) is 0 Å². The van der Waals surface area contributed by atoms with Gasteiger partial charge in [0.05, 0.1) is 10.7 Å². The van der Waals surface area contributed by atoms with Gasteiger partial charge in [0, 0.05) is 35.9 Å². The van der Waals surface area contributed by atoms with E-state index in [1.807, 2.05) is 15.6 Å². The molecule has 0 unspecified atom stereocenters. The van der Waals surface area contributed by atoms with E-state index in [2.05, 4.69) is 10.4 Å². The largest absolute Gasteiger partial charge is 0.336 e. The van der Waals surface area contributed by atoms with E-state index in [1.165, 1.54) is 0 Å². The summed E-state index contributed by atoms with van der Waals surface area (Å²) < 4.78 is 1.84. The van der Waals surface area contributed by atoms with Gasteiger partial charge in [0.15, 0.2) is 5.69 Å². The molecule has 1 aliphatic heterocycles. The molecule has 1 saturated heterocycles. The Morgan fingerprint density at radius 1 is 1.12 bits per heavy atom. The quantitative estimate of drug-likeness (QED) is 0.816. The van der Waals surface area contributed by atoms with Crippen molar-refractivity contribution in [2.24, 2.45) is 0 Å². The van der Waals surface area contributed by atoms with Gasteiger partial charge in [-0.25, -0.2) is 4.68 Å². The van der Waals surface area contributed by atoms with Crippen LogP contribution in [0.15, 0.2) is 18.2 Å². The average Bonchev–Trinajstić information content (AvgIpc) is 3.08. The van der Waals surface area contributed by atoms with E-state index in [9.17, 15) is 4.79 Å². The van der Waals surface area contributed by atoms with Crippen LogP contribution in [0.1, 0.15) is 34.6 Å². The van der Waals surface area contributed by atoms with Crippen molar-refractivity contribution >= 4 is 41.5 Å². The Labute approximate surface area is 169 Å². The zero-order valence-corrected chi connectivity index (χ0v) is 16.6. The van der Waals surface area contributed by atoms with Crippen LogP contribution in [0.2, 0.25) is 10.0 Å². The summed E-state index contributed by atoms with van der Waals surface area (Å²) in [6.45, 7) is 3.28. The van der Waals surface area contributed by atoms with Crippen LogP contribution in [0.5, 0.6) is 0 Å². The van der Waals surface area contributed by atoms with Crippen molar-refractivity contribution in [3.63, 3.8) is 0 Å². The number of carbonyl (C=O) groups excluding carboxylic acids is 1. The van der Waals surface area contributed by atoms with Crippen molar-refractivity contribution in [1.82, 2.24) is 20.0 Å². The normalized spacial score (nSPS) is 16.8. The van der Waals surface area contributed by atoms with E-state index in [0.717, 1.165) is 68.8 Å². The summed E-state index contributed by atoms with van der Waals surface area (Å²) in [5.74, 6) is 0.0330.